The minimum Gasteiger partial charge on any atom is -0.457 e. The first kappa shape index (κ1) is 19.9. The van der Waals surface area contributed by atoms with Gasteiger partial charge in [-0.15, -0.1) is 0 Å². The molecule has 2 amide bonds. The minimum absolute atomic E-state index is 0.172. The van der Waals surface area contributed by atoms with E-state index in [1.165, 1.54) is 6.20 Å². The van der Waals surface area contributed by atoms with Crippen LogP contribution < -0.4 is 15.4 Å². The van der Waals surface area contributed by atoms with Crippen molar-refractivity contribution in [3.8, 4) is 11.5 Å². The molecule has 0 radical (unpaired) electrons. The number of rotatable bonds is 7. The monoisotopic (exact) mass is 391 g/mol. The summed E-state index contributed by atoms with van der Waals surface area (Å²) < 4.78 is 10.5. The van der Waals surface area contributed by atoms with Gasteiger partial charge < -0.3 is 20.1 Å². The average molecular weight is 391 g/mol. The van der Waals surface area contributed by atoms with E-state index >= 15 is 0 Å². The number of hydrogen-bond donors (Lipinski definition) is 2. The van der Waals surface area contributed by atoms with Gasteiger partial charge in [-0.25, -0.2) is 4.79 Å². The van der Waals surface area contributed by atoms with E-state index in [0.29, 0.717) is 22.7 Å². The van der Waals surface area contributed by atoms with Gasteiger partial charge in [0.05, 0.1) is 18.8 Å². The lowest BCUT2D eigenvalue weighted by atomic mass is 10.2. The SMILES string of the molecule is CCOC(=O)NCc1cc(C(=O)Nc2ccc(Oc3ccccc3)cc2)ccn1. The predicted octanol–water partition coefficient (Wildman–Crippen LogP) is 4.37. The molecule has 29 heavy (non-hydrogen) atoms. The fraction of sp³-hybridized carbons (Fsp3) is 0.136. The second-order valence-corrected chi connectivity index (χ2v) is 6.00. The number of carbonyl (C=O) groups excluding carboxylic acids is 2. The van der Waals surface area contributed by atoms with E-state index < -0.39 is 6.09 Å². The lowest BCUT2D eigenvalue weighted by Gasteiger charge is -2.09. The average Bonchev–Trinajstić information content (AvgIpc) is 2.75. The Labute approximate surface area is 168 Å². The molecular weight excluding hydrogens is 370 g/mol. The van der Waals surface area contributed by atoms with E-state index in [1.54, 1.807) is 43.3 Å². The first-order chi connectivity index (χ1) is 14.1. The van der Waals surface area contributed by atoms with E-state index in [-0.39, 0.29) is 19.1 Å². The summed E-state index contributed by atoms with van der Waals surface area (Å²) in [5.74, 6) is 1.14. The third kappa shape index (κ3) is 6.07. The van der Waals surface area contributed by atoms with Gasteiger partial charge in [0.1, 0.15) is 11.5 Å². The maximum Gasteiger partial charge on any atom is 0.407 e. The van der Waals surface area contributed by atoms with Gasteiger partial charge in [-0.2, -0.15) is 0 Å². The molecule has 0 spiro atoms. The largest absolute Gasteiger partial charge is 0.457 e. The van der Waals surface area contributed by atoms with Crippen molar-refractivity contribution < 1.29 is 19.1 Å². The zero-order valence-electron chi connectivity index (χ0n) is 15.9. The van der Waals surface area contributed by atoms with Crippen LogP contribution in [0.4, 0.5) is 10.5 Å². The number of carbonyl (C=O) groups is 2. The van der Waals surface area contributed by atoms with Gasteiger partial charge in [-0.3, -0.25) is 9.78 Å². The van der Waals surface area contributed by atoms with Crippen LogP contribution in [0.2, 0.25) is 0 Å². The van der Waals surface area contributed by atoms with Crippen molar-refractivity contribution in [2.24, 2.45) is 0 Å². The first-order valence-electron chi connectivity index (χ1n) is 9.14. The second-order valence-electron chi connectivity index (χ2n) is 6.00. The molecule has 0 saturated heterocycles. The number of nitrogens with one attached hydrogen (secondary N) is 2. The molecule has 0 aliphatic carbocycles. The van der Waals surface area contributed by atoms with Gasteiger partial charge in [0, 0.05) is 17.4 Å². The van der Waals surface area contributed by atoms with Gasteiger partial charge in [0.2, 0.25) is 0 Å². The first-order valence-corrected chi connectivity index (χ1v) is 9.14. The number of amides is 2. The van der Waals surface area contributed by atoms with Crippen LogP contribution in [0.3, 0.4) is 0 Å². The highest BCUT2D eigenvalue weighted by Crippen LogP contribution is 2.22. The Hall–Kier alpha value is -3.87. The van der Waals surface area contributed by atoms with Crippen molar-refractivity contribution in [2.75, 3.05) is 11.9 Å². The lowest BCUT2D eigenvalue weighted by molar-refractivity contribution is 0.102. The highest BCUT2D eigenvalue weighted by Gasteiger charge is 2.09. The molecule has 0 aliphatic heterocycles. The molecule has 2 aromatic carbocycles. The topological polar surface area (TPSA) is 89.5 Å². The smallest absolute Gasteiger partial charge is 0.407 e. The molecule has 0 bridgehead atoms. The van der Waals surface area contributed by atoms with E-state index in [4.69, 9.17) is 9.47 Å². The number of hydrogen-bond acceptors (Lipinski definition) is 5. The highest BCUT2D eigenvalue weighted by molar-refractivity contribution is 6.04. The summed E-state index contributed by atoms with van der Waals surface area (Å²) in [4.78, 5) is 28.0. The fourth-order valence-electron chi connectivity index (χ4n) is 2.50. The van der Waals surface area contributed by atoms with E-state index in [0.717, 1.165) is 5.75 Å². The van der Waals surface area contributed by atoms with Crippen molar-refractivity contribution >= 4 is 17.7 Å². The molecule has 0 aliphatic rings. The Morgan fingerprint density at radius 1 is 0.966 bits per heavy atom. The molecule has 148 valence electrons. The third-order valence-corrected chi connectivity index (χ3v) is 3.86. The zero-order valence-corrected chi connectivity index (χ0v) is 15.9. The van der Waals surface area contributed by atoms with Crippen molar-refractivity contribution in [3.63, 3.8) is 0 Å². The van der Waals surface area contributed by atoms with E-state index in [2.05, 4.69) is 15.6 Å². The molecule has 7 heteroatoms. The van der Waals surface area contributed by atoms with Gasteiger partial charge in [0.25, 0.3) is 5.91 Å². The Kier molecular flexibility index (Phi) is 6.78. The maximum atomic E-state index is 12.5. The number of aromatic nitrogens is 1. The van der Waals surface area contributed by atoms with Crippen LogP contribution in [0, 0.1) is 0 Å². The summed E-state index contributed by atoms with van der Waals surface area (Å²) in [5, 5.41) is 5.40. The number of alkyl carbamates (subject to hydrolysis) is 1. The Morgan fingerprint density at radius 2 is 1.69 bits per heavy atom. The van der Waals surface area contributed by atoms with Crippen LogP contribution in [-0.4, -0.2) is 23.6 Å². The molecule has 7 nitrogen and oxygen atoms in total. The summed E-state index contributed by atoms with van der Waals surface area (Å²) in [6.07, 6.45) is 0.996. The van der Waals surface area contributed by atoms with Crippen LogP contribution in [0.5, 0.6) is 11.5 Å². The lowest BCUT2D eigenvalue weighted by Crippen LogP contribution is -2.24. The van der Waals surface area contributed by atoms with Crippen molar-refractivity contribution in [2.45, 2.75) is 13.5 Å². The Balaban J connectivity index is 1.58. The number of para-hydroxylation sites is 1. The molecule has 2 N–H and O–H groups in total. The molecule has 0 atom stereocenters. The number of anilines is 1. The number of pyridine rings is 1. The second kappa shape index (κ2) is 9.89. The quantitative estimate of drug-likeness (QED) is 0.624. The van der Waals surface area contributed by atoms with Crippen LogP contribution in [0.15, 0.2) is 72.9 Å². The summed E-state index contributed by atoms with van der Waals surface area (Å²) in [5.41, 5.74) is 1.63. The summed E-state index contributed by atoms with van der Waals surface area (Å²) in [6.45, 7) is 2.19. The highest BCUT2D eigenvalue weighted by atomic mass is 16.5. The maximum absolute atomic E-state index is 12.5. The summed E-state index contributed by atoms with van der Waals surface area (Å²) in [6, 6.07) is 19.8. The third-order valence-electron chi connectivity index (χ3n) is 3.86. The van der Waals surface area contributed by atoms with Gasteiger partial charge >= 0.3 is 6.09 Å². The normalized spacial score (nSPS) is 10.1. The zero-order chi connectivity index (χ0) is 20.5. The van der Waals surface area contributed by atoms with Crippen molar-refractivity contribution in [1.29, 1.82) is 0 Å². The molecular formula is C22H21N3O4. The molecule has 1 aromatic heterocycles. The summed E-state index contributed by atoms with van der Waals surface area (Å²) >= 11 is 0. The van der Waals surface area contributed by atoms with Gasteiger partial charge in [-0.1, -0.05) is 18.2 Å². The molecule has 1 heterocycles. The molecule has 3 aromatic rings. The molecule has 0 saturated carbocycles. The number of ether oxygens (including phenoxy) is 2. The van der Waals surface area contributed by atoms with Crippen LogP contribution in [0.1, 0.15) is 23.0 Å². The van der Waals surface area contributed by atoms with Crippen molar-refractivity contribution in [3.05, 3.63) is 84.2 Å². The standard InChI is InChI=1S/C22H21N3O4/c1-2-28-22(27)24-15-18-14-16(12-13-23-18)21(26)25-17-8-10-20(11-9-17)29-19-6-4-3-5-7-19/h3-14H,2,15H2,1H3,(H,24,27)(H,25,26). The van der Waals surface area contributed by atoms with Crippen LogP contribution in [0.25, 0.3) is 0 Å². The Morgan fingerprint density at radius 3 is 2.41 bits per heavy atom. The fourth-order valence-corrected chi connectivity index (χ4v) is 2.50. The number of nitrogens with zero attached hydrogens (tertiary/aromatic N) is 1. The van der Waals surface area contributed by atoms with Gasteiger partial charge in [0.15, 0.2) is 0 Å². The van der Waals surface area contributed by atoms with Crippen molar-refractivity contribution in [1.82, 2.24) is 10.3 Å². The van der Waals surface area contributed by atoms with Crippen LogP contribution >= 0.6 is 0 Å². The molecule has 3 rings (SSSR count). The Bertz CT molecular complexity index is 959. The molecule has 0 fully saturated rings. The van der Waals surface area contributed by atoms with Crippen LogP contribution in [-0.2, 0) is 11.3 Å². The van der Waals surface area contributed by atoms with E-state index in [1.807, 2.05) is 30.3 Å². The summed E-state index contributed by atoms with van der Waals surface area (Å²) in [7, 11) is 0. The minimum atomic E-state index is -0.526. The molecule has 0 unspecified atom stereocenters. The predicted molar refractivity (Wildman–Crippen MR) is 109 cm³/mol. The van der Waals surface area contributed by atoms with E-state index in [9.17, 15) is 9.59 Å². The van der Waals surface area contributed by atoms with Gasteiger partial charge in [-0.05, 0) is 55.5 Å². The number of benzene rings is 2.